The number of nitrogens with one attached hydrogen (secondary N) is 1. The Bertz CT molecular complexity index is 772. The van der Waals surface area contributed by atoms with Crippen LogP contribution >= 0.6 is 0 Å². The fourth-order valence-corrected chi connectivity index (χ4v) is 3.48. The lowest BCUT2D eigenvalue weighted by molar-refractivity contribution is -0.121. The van der Waals surface area contributed by atoms with Gasteiger partial charge >= 0.3 is 0 Å². The summed E-state index contributed by atoms with van der Waals surface area (Å²) in [4.78, 5) is 14.6. The minimum absolute atomic E-state index is 0.0137. The van der Waals surface area contributed by atoms with Crippen molar-refractivity contribution in [3.8, 4) is 0 Å². The van der Waals surface area contributed by atoms with Crippen molar-refractivity contribution in [2.45, 2.75) is 45.2 Å². The molecular formula is C22H27FN2O. The Morgan fingerprint density at radius 3 is 2.69 bits per heavy atom. The highest BCUT2D eigenvalue weighted by molar-refractivity contribution is 5.76. The minimum Gasteiger partial charge on any atom is -0.354 e. The van der Waals surface area contributed by atoms with Crippen molar-refractivity contribution in [2.75, 3.05) is 13.1 Å². The zero-order valence-corrected chi connectivity index (χ0v) is 15.6. The number of hydrogen-bond acceptors (Lipinski definition) is 2. The van der Waals surface area contributed by atoms with Crippen LogP contribution in [0.4, 0.5) is 4.39 Å². The largest absolute Gasteiger partial charge is 0.354 e. The van der Waals surface area contributed by atoms with E-state index >= 15 is 0 Å². The molecule has 0 fully saturated rings. The molecule has 0 bridgehead atoms. The molecule has 0 atom stereocenters. The first-order valence-corrected chi connectivity index (χ1v) is 9.27. The van der Waals surface area contributed by atoms with Crippen molar-refractivity contribution in [1.29, 1.82) is 0 Å². The molecule has 0 spiro atoms. The molecule has 26 heavy (non-hydrogen) atoms. The third-order valence-corrected chi connectivity index (χ3v) is 5.23. The zero-order valence-electron chi connectivity index (χ0n) is 15.6. The summed E-state index contributed by atoms with van der Waals surface area (Å²) >= 11 is 0. The topological polar surface area (TPSA) is 32.3 Å². The molecule has 1 heterocycles. The van der Waals surface area contributed by atoms with Gasteiger partial charge in [0, 0.05) is 31.6 Å². The molecule has 0 aliphatic carbocycles. The van der Waals surface area contributed by atoms with Crippen molar-refractivity contribution < 1.29 is 9.18 Å². The maximum absolute atomic E-state index is 13.2. The van der Waals surface area contributed by atoms with E-state index in [0.717, 1.165) is 25.1 Å². The van der Waals surface area contributed by atoms with E-state index in [0.29, 0.717) is 19.4 Å². The lowest BCUT2D eigenvalue weighted by Crippen LogP contribution is -2.53. The number of aryl methyl sites for hydroxylation is 1. The number of benzene rings is 2. The second kappa shape index (κ2) is 8.00. The van der Waals surface area contributed by atoms with Crippen molar-refractivity contribution in [3.63, 3.8) is 0 Å². The standard InChI is InChI=1S/C22H27FN2O/c1-22(2,25-13-12-18-7-3-4-8-19(18)15-25)16-24-21(26)11-10-17-6-5-9-20(23)14-17/h3-9,14H,10-13,15-16H2,1-2H3,(H,24,26). The summed E-state index contributed by atoms with van der Waals surface area (Å²) in [5.74, 6) is -0.242. The molecule has 138 valence electrons. The van der Waals surface area contributed by atoms with Gasteiger partial charge in [-0.25, -0.2) is 4.39 Å². The lowest BCUT2D eigenvalue weighted by atomic mass is 9.94. The van der Waals surface area contributed by atoms with Gasteiger partial charge in [0.1, 0.15) is 5.82 Å². The molecule has 3 rings (SSSR count). The SMILES string of the molecule is CC(C)(CNC(=O)CCc1cccc(F)c1)N1CCc2ccccc2C1. The predicted molar refractivity (Wildman–Crippen MR) is 102 cm³/mol. The zero-order chi connectivity index (χ0) is 18.6. The van der Waals surface area contributed by atoms with Crippen LogP contribution in [0, 0.1) is 5.82 Å². The van der Waals surface area contributed by atoms with Crippen LogP contribution in [0.15, 0.2) is 48.5 Å². The molecule has 0 aromatic heterocycles. The maximum Gasteiger partial charge on any atom is 0.220 e. The maximum atomic E-state index is 13.2. The van der Waals surface area contributed by atoms with Crippen LogP contribution < -0.4 is 5.32 Å². The van der Waals surface area contributed by atoms with Crippen molar-refractivity contribution >= 4 is 5.91 Å². The van der Waals surface area contributed by atoms with Crippen LogP contribution in [-0.2, 0) is 24.2 Å². The molecule has 2 aromatic rings. The third kappa shape index (κ3) is 4.70. The van der Waals surface area contributed by atoms with Crippen molar-refractivity contribution in [2.24, 2.45) is 0 Å². The molecule has 1 amide bonds. The Labute approximate surface area is 155 Å². The van der Waals surface area contributed by atoms with Gasteiger partial charge in [-0.3, -0.25) is 9.69 Å². The van der Waals surface area contributed by atoms with Gasteiger partial charge in [-0.2, -0.15) is 0 Å². The summed E-state index contributed by atoms with van der Waals surface area (Å²) in [7, 11) is 0. The Morgan fingerprint density at radius 2 is 1.92 bits per heavy atom. The van der Waals surface area contributed by atoms with Crippen LogP contribution in [0.1, 0.15) is 37.0 Å². The summed E-state index contributed by atoms with van der Waals surface area (Å²) in [6.45, 7) is 6.88. The Kier molecular flexibility index (Phi) is 5.72. The number of rotatable bonds is 6. The van der Waals surface area contributed by atoms with Crippen LogP contribution in [0.5, 0.6) is 0 Å². The van der Waals surface area contributed by atoms with Gasteiger partial charge in [-0.05, 0) is 55.5 Å². The van der Waals surface area contributed by atoms with Gasteiger partial charge in [-0.15, -0.1) is 0 Å². The second-order valence-corrected chi connectivity index (χ2v) is 7.66. The monoisotopic (exact) mass is 354 g/mol. The number of hydrogen-bond donors (Lipinski definition) is 1. The molecule has 2 aromatic carbocycles. The summed E-state index contributed by atoms with van der Waals surface area (Å²) in [5.41, 5.74) is 3.55. The average Bonchev–Trinajstić information content (AvgIpc) is 2.64. The fourth-order valence-electron chi connectivity index (χ4n) is 3.48. The first kappa shape index (κ1) is 18.6. The van der Waals surface area contributed by atoms with Crippen LogP contribution in [0.25, 0.3) is 0 Å². The highest BCUT2D eigenvalue weighted by atomic mass is 19.1. The van der Waals surface area contributed by atoms with Gasteiger partial charge in [-0.1, -0.05) is 36.4 Å². The molecule has 0 saturated heterocycles. The number of carbonyl (C=O) groups is 1. The Hall–Kier alpha value is -2.20. The summed E-state index contributed by atoms with van der Waals surface area (Å²) < 4.78 is 13.2. The second-order valence-electron chi connectivity index (χ2n) is 7.66. The van der Waals surface area contributed by atoms with Gasteiger partial charge in [0.05, 0.1) is 0 Å². The predicted octanol–water partition coefficient (Wildman–Crippen LogP) is 3.71. The molecule has 0 saturated carbocycles. The quantitative estimate of drug-likeness (QED) is 0.858. The van der Waals surface area contributed by atoms with Gasteiger partial charge in [0.25, 0.3) is 0 Å². The molecular weight excluding hydrogens is 327 g/mol. The average molecular weight is 354 g/mol. The van der Waals surface area contributed by atoms with E-state index in [9.17, 15) is 9.18 Å². The molecule has 0 radical (unpaired) electrons. The van der Waals surface area contributed by atoms with E-state index in [2.05, 4.69) is 48.3 Å². The normalized spacial score (nSPS) is 14.7. The van der Waals surface area contributed by atoms with Gasteiger partial charge in [0.2, 0.25) is 5.91 Å². The number of amides is 1. The van der Waals surface area contributed by atoms with Gasteiger partial charge < -0.3 is 5.32 Å². The minimum atomic E-state index is -0.255. The van der Waals surface area contributed by atoms with Crippen molar-refractivity contribution in [3.05, 3.63) is 71.0 Å². The number of nitrogens with zero attached hydrogens (tertiary/aromatic N) is 1. The van der Waals surface area contributed by atoms with E-state index in [1.54, 1.807) is 6.07 Å². The van der Waals surface area contributed by atoms with E-state index < -0.39 is 0 Å². The highest BCUT2D eigenvalue weighted by Crippen LogP contribution is 2.24. The smallest absolute Gasteiger partial charge is 0.220 e. The summed E-state index contributed by atoms with van der Waals surface area (Å²) in [6.07, 6.45) is 1.98. The summed E-state index contributed by atoms with van der Waals surface area (Å²) in [5, 5.41) is 3.05. The van der Waals surface area contributed by atoms with E-state index in [4.69, 9.17) is 0 Å². The lowest BCUT2D eigenvalue weighted by Gasteiger charge is -2.41. The van der Waals surface area contributed by atoms with Gasteiger partial charge in [0.15, 0.2) is 0 Å². The molecule has 1 N–H and O–H groups in total. The van der Waals surface area contributed by atoms with E-state index in [1.807, 2.05) is 6.07 Å². The van der Waals surface area contributed by atoms with Crippen LogP contribution in [-0.4, -0.2) is 29.4 Å². The molecule has 3 nitrogen and oxygen atoms in total. The molecule has 1 aliphatic rings. The molecule has 1 aliphatic heterocycles. The first-order chi connectivity index (χ1) is 12.4. The number of halogens is 1. The van der Waals surface area contributed by atoms with Crippen LogP contribution in [0.3, 0.4) is 0 Å². The highest BCUT2D eigenvalue weighted by Gasteiger charge is 2.29. The summed E-state index contributed by atoms with van der Waals surface area (Å²) in [6, 6.07) is 15.0. The van der Waals surface area contributed by atoms with Crippen LogP contribution in [0.2, 0.25) is 0 Å². The Balaban J connectivity index is 1.49. The fraction of sp³-hybridized carbons (Fsp3) is 0.409. The number of fused-ring (bicyclic) bond motifs is 1. The van der Waals surface area contributed by atoms with E-state index in [1.165, 1.54) is 23.3 Å². The number of carbonyl (C=O) groups excluding carboxylic acids is 1. The molecule has 4 heteroatoms. The molecule has 0 unspecified atom stereocenters. The van der Waals surface area contributed by atoms with E-state index in [-0.39, 0.29) is 17.3 Å². The first-order valence-electron chi connectivity index (χ1n) is 9.27. The Morgan fingerprint density at radius 1 is 1.15 bits per heavy atom. The third-order valence-electron chi connectivity index (χ3n) is 5.23. The van der Waals surface area contributed by atoms with Crippen molar-refractivity contribution in [1.82, 2.24) is 10.2 Å².